The Morgan fingerprint density at radius 3 is 2.00 bits per heavy atom. The molecule has 0 bridgehead atoms. The summed E-state index contributed by atoms with van der Waals surface area (Å²) in [6.07, 6.45) is 0. The third-order valence-corrected chi connectivity index (χ3v) is 3.54. The van der Waals surface area contributed by atoms with Crippen LogP contribution in [-0.2, 0) is 0 Å². The minimum atomic E-state index is -0.0510. The van der Waals surface area contributed by atoms with E-state index in [4.69, 9.17) is 58.0 Å². The van der Waals surface area contributed by atoms with E-state index in [0.717, 1.165) is 0 Å². The van der Waals surface area contributed by atoms with Gasteiger partial charge in [-0.2, -0.15) is 0 Å². The summed E-state index contributed by atoms with van der Waals surface area (Å²) < 4.78 is 0.128. The lowest BCUT2D eigenvalue weighted by Crippen LogP contribution is -1.73. The molecule has 0 N–H and O–H groups in total. The van der Waals surface area contributed by atoms with Gasteiger partial charge < -0.3 is 0 Å². The molecule has 0 spiro atoms. The van der Waals surface area contributed by atoms with Crippen LogP contribution >= 0.6 is 73.9 Å². The van der Waals surface area contributed by atoms with E-state index in [1.807, 2.05) is 0 Å². The minimum Gasteiger partial charge on any atom is -0.147 e. The van der Waals surface area contributed by atoms with Crippen LogP contribution in [0, 0.1) is 0 Å². The summed E-state index contributed by atoms with van der Waals surface area (Å²) in [6, 6.07) is 3.01. The number of rotatable bonds is 2. The Labute approximate surface area is 125 Å². The highest BCUT2D eigenvalue weighted by Gasteiger charge is 2.07. The molecule has 86 valence electrons. The lowest BCUT2D eigenvalue weighted by molar-refractivity contribution is 1.22. The highest BCUT2D eigenvalue weighted by Crippen LogP contribution is 2.37. The van der Waals surface area contributed by atoms with Gasteiger partial charge >= 0.3 is 0 Å². The van der Waals surface area contributed by atoms with E-state index in [9.17, 15) is 0 Å². The van der Waals surface area contributed by atoms with E-state index in [-0.39, 0.29) is 19.1 Å². The first-order chi connectivity index (χ1) is 7.41. The number of hydrogen-bond donors (Lipinski definition) is 0. The van der Waals surface area contributed by atoms with Gasteiger partial charge in [0.2, 0.25) is 0 Å². The van der Waals surface area contributed by atoms with Crippen molar-refractivity contribution in [1.82, 2.24) is 0 Å². The second-order valence-electron chi connectivity index (χ2n) is 2.47. The summed E-state index contributed by atoms with van der Waals surface area (Å²) in [4.78, 5) is 0. The number of benzene rings is 1. The molecule has 0 fully saturated rings. The largest absolute Gasteiger partial charge is 0.158 e. The standard InChI is InChI=1S/C8H2BrCl5N2/c9-7(8(13)14)16-15-6-4(11)1-3(10)2-5(6)12/h1-2H. The Kier molecular flexibility index (Phi) is 5.85. The van der Waals surface area contributed by atoms with Gasteiger partial charge in [-0.25, -0.2) is 0 Å². The van der Waals surface area contributed by atoms with Crippen molar-refractivity contribution in [3.8, 4) is 0 Å². The van der Waals surface area contributed by atoms with E-state index in [1.165, 1.54) is 12.1 Å². The fourth-order valence-electron chi connectivity index (χ4n) is 0.762. The van der Waals surface area contributed by atoms with Crippen molar-refractivity contribution in [2.45, 2.75) is 0 Å². The van der Waals surface area contributed by atoms with Gasteiger partial charge in [0.15, 0.2) is 4.61 Å². The van der Waals surface area contributed by atoms with Crippen molar-refractivity contribution in [3.05, 3.63) is 36.3 Å². The molecule has 0 saturated heterocycles. The van der Waals surface area contributed by atoms with Crippen LogP contribution in [0.1, 0.15) is 0 Å². The van der Waals surface area contributed by atoms with Crippen molar-refractivity contribution in [2.24, 2.45) is 10.2 Å². The van der Waals surface area contributed by atoms with E-state index < -0.39 is 0 Å². The van der Waals surface area contributed by atoms with Crippen molar-refractivity contribution in [1.29, 1.82) is 0 Å². The average Bonchev–Trinajstić information content (AvgIpc) is 2.15. The van der Waals surface area contributed by atoms with Crippen LogP contribution in [0.4, 0.5) is 5.69 Å². The maximum absolute atomic E-state index is 5.88. The average molecular weight is 383 g/mol. The molecule has 1 rings (SSSR count). The molecule has 16 heavy (non-hydrogen) atoms. The summed E-state index contributed by atoms with van der Waals surface area (Å²) in [5.74, 6) is 0. The normalized spacial score (nSPS) is 10.9. The van der Waals surface area contributed by atoms with Gasteiger partial charge in [0.25, 0.3) is 0 Å². The number of azo groups is 1. The minimum absolute atomic E-state index is 0.0510. The van der Waals surface area contributed by atoms with E-state index in [1.54, 1.807) is 0 Å². The molecule has 0 amide bonds. The van der Waals surface area contributed by atoms with Gasteiger partial charge in [-0.1, -0.05) is 58.0 Å². The molecular weight excluding hydrogens is 381 g/mol. The molecule has 1 aromatic rings. The van der Waals surface area contributed by atoms with Gasteiger partial charge in [0, 0.05) is 5.02 Å². The predicted octanol–water partition coefficient (Wildman–Crippen LogP) is 6.73. The van der Waals surface area contributed by atoms with Crippen LogP contribution in [0.5, 0.6) is 0 Å². The third kappa shape index (κ3) is 4.06. The summed E-state index contributed by atoms with van der Waals surface area (Å²) >= 11 is 31.4. The van der Waals surface area contributed by atoms with Gasteiger partial charge in [-0.15, -0.1) is 10.2 Å². The SMILES string of the molecule is ClC(Cl)=C(Br)N=Nc1c(Cl)cc(Cl)cc1Cl. The van der Waals surface area contributed by atoms with Gasteiger partial charge in [0.05, 0.1) is 10.0 Å². The monoisotopic (exact) mass is 380 g/mol. The quantitative estimate of drug-likeness (QED) is 0.400. The van der Waals surface area contributed by atoms with Crippen LogP contribution < -0.4 is 0 Å². The van der Waals surface area contributed by atoms with Crippen molar-refractivity contribution < 1.29 is 0 Å². The van der Waals surface area contributed by atoms with Crippen molar-refractivity contribution in [3.63, 3.8) is 0 Å². The van der Waals surface area contributed by atoms with Gasteiger partial charge in [-0.3, -0.25) is 0 Å². The maximum atomic E-state index is 5.88. The lowest BCUT2D eigenvalue weighted by atomic mass is 10.3. The molecule has 0 radical (unpaired) electrons. The Morgan fingerprint density at radius 1 is 1.06 bits per heavy atom. The highest BCUT2D eigenvalue weighted by atomic mass is 79.9. The highest BCUT2D eigenvalue weighted by molar-refractivity contribution is 9.11. The summed E-state index contributed by atoms with van der Waals surface area (Å²) in [5, 5.41) is 8.47. The molecule has 0 aliphatic heterocycles. The molecule has 2 nitrogen and oxygen atoms in total. The molecule has 1 aromatic carbocycles. The molecule has 8 heteroatoms. The number of hydrogen-bond acceptors (Lipinski definition) is 2. The molecule has 0 aromatic heterocycles. The first kappa shape index (κ1) is 14.6. The first-order valence-corrected chi connectivity index (χ1v) is 6.37. The Morgan fingerprint density at radius 2 is 1.56 bits per heavy atom. The van der Waals surface area contributed by atoms with Crippen LogP contribution in [0.3, 0.4) is 0 Å². The maximum Gasteiger partial charge on any atom is 0.158 e. The molecule has 0 unspecified atom stereocenters. The zero-order valence-corrected chi connectivity index (χ0v) is 12.7. The fraction of sp³-hybridized carbons (Fsp3) is 0. The summed E-state index contributed by atoms with van der Waals surface area (Å²) in [5.41, 5.74) is 0.291. The first-order valence-electron chi connectivity index (χ1n) is 3.69. The van der Waals surface area contributed by atoms with Crippen LogP contribution in [0.25, 0.3) is 0 Å². The van der Waals surface area contributed by atoms with E-state index in [0.29, 0.717) is 10.7 Å². The smallest absolute Gasteiger partial charge is 0.147 e. The fourth-order valence-corrected chi connectivity index (χ4v) is 1.81. The van der Waals surface area contributed by atoms with Gasteiger partial charge in [0.1, 0.15) is 10.2 Å². The topological polar surface area (TPSA) is 24.7 Å². The Bertz CT molecular complexity index is 444. The van der Waals surface area contributed by atoms with Crippen LogP contribution in [0.2, 0.25) is 15.1 Å². The molecule has 0 aliphatic rings. The van der Waals surface area contributed by atoms with Crippen LogP contribution in [0.15, 0.2) is 31.5 Å². The second-order valence-corrected chi connectivity index (χ2v) is 5.42. The second kappa shape index (κ2) is 6.43. The third-order valence-electron chi connectivity index (χ3n) is 1.38. The molecule has 0 heterocycles. The number of nitrogens with zero attached hydrogens (tertiary/aromatic N) is 2. The number of halogens is 6. The zero-order chi connectivity index (χ0) is 12.3. The van der Waals surface area contributed by atoms with Crippen molar-refractivity contribution >= 4 is 79.6 Å². The van der Waals surface area contributed by atoms with E-state index in [2.05, 4.69) is 26.2 Å². The zero-order valence-electron chi connectivity index (χ0n) is 7.32. The lowest BCUT2D eigenvalue weighted by Gasteiger charge is -2.00. The molecule has 0 atom stereocenters. The molecular formula is C8H2BrCl5N2. The molecule has 0 saturated carbocycles. The van der Waals surface area contributed by atoms with Crippen molar-refractivity contribution in [2.75, 3.05) is 0 Å². The summed E-state index contributed by atoms with van der Waals surface area (Å²) in [7, 11) is 0. The van der Waals surface area contributed by atoms with E-state index >= 15 is 0 Å². The van der Waals surface area contributed by atoms with Crippen LogP contribution in [-0.4, -0.2) is 0 Å². The predicted molar refractivity (Wildman–Crippen MR) is 73.6 cm³/mol. The molecule has 0 aliphatic carbocycles. The Balaban J connectivity index is 3.12. The Hall–Kier alpha value is 0.490. The summed E-state index contributed by atoms with van der Waals surface area (Å²) in [6.45, 7) is 0. The van der Waals surface area contributed by atoms with Gasteiger partial charge in [-0.05, 0) is 28.1 Å².